The average Bonchev–Trinajstić information content (AvgIpc) is 3.41. The molecule has 2 aromatic carbocycles. The van der Waals surface area contributed by atoms with Gasteiger partial charge >= 0.3 is 12.1 Å². The fourth-order valence-electron chi connectivity index (χ4n) is 4.42. The number of rotatable bonds is 4. The van der Waals surface area contributed by atoms with Crippen LogP contribution in [0.25, 0.3) is 6.08 Å². The summed E-state index contributed by atoms with van der Waals surface area (Å²) in [5.41, 5.74) is 2.70. The number of nitrogens with zero attached hydrogens (tertiary/aromatic N) is 1. The van der Waals surface area contributed by atoms with Crippen LogP contribution >= 0.6 is 11.6 Å². The van der Waals surface area contributed by atoms with Gasteiger partial charge in [0.2, 0.25) is 0 Å². The van der Waals surface area contributed by atoms with Crippen LogP contribution in [-0.2, 0) is 9.53 Å². The van der Waals surface area contributed by atoms with Gasteiger partial charge in [-0.25, -0.2) is 0 Å². The first-order chi connectivity index (χ1) is 16.8. The molecular weight excluding hydrogens is 485 g/mol. The Balaban J connectivity index is 1.50. The largest absolute Gasteiger partial charge is 0.492 e. The molecule has 5 rings (SSSR count). The van der Waals surface area contributed by atoms with Gasteiger partial charge in [-0.3, -0.25) is 10.1 Å². The van der Waals surface area contributed by atoms with Gasteiger partial charge in [-0.15, -0.1) is 0 Å². The van der Waals surface area contributed by atoms with E-state index in [0.717, 1.165) is 11.1 Å². The van der Waals surface area contributed by atoms with Crippen molar-refractivity contribution in [2.45, 2.75) is 24.9 Å². The van der Waals surface area contributed by atoms with Gasteiger partial charge in [0.05, 0.1) is 13.2 Å². The summed E-state index contributed by atoms with van der Waals surface area (Å²) in [6.45, 7) is 1.98. The lowest BCUT2D eigenvalue weighted by Gasteiger charge is -2.33. The van der Waals surface area contributed by atoms with Gasteiger partial charge in [-0.1, -0.05) is 41.9 Å². The number of ether oxygens (including phenoxy) is 3. The normalized spacial score (nSPS) is 23.2. The number of carbonyl (C=O) groups is 1. The summed E-state index contributed by atoms with van der Waals surface area (Å²) in [5.74, 6) is -4.62. The lowest BCUT2D eigenvalue weighted by molar-refractivity contribution is -0.319. The number of hydrogen-bond donors (Lipinski definition) is 1. The number of benzene rings is 2. The highest BCUT2D eigenvalue weighted by molar-refractivity contribution is 6.30. The molecule has 0 bridgehead atoms. The SMILES string of the molecule is O=C(N[C@@]1(C(F)(F)F)Oc2ccc(Cl)cc2O1)C1=C(N2CCOCC2)/C(=C/c2ccccc2)CC1. The average molecular weight is 507 g/mol. The molecule has 0 radical (unpaired) electrons. The van der Waals surface area contributed by atoms with E-state index in [1.807, 2.05) is 46.6 Å². The summed E-state index contributed by atoms with van der Waals surface area (Å²) in [6.07, 6.45) is -2.30. The van der Waals surface area contributed by atoms with Crippen molar-refractivity contribution in [1.82, 2.24) is 10.2 Å². The van der Waals surface area contributed by atoms with E-state index in [0.29, 0.717) is 38.4 Å². The molecule has 0 unspecified atom stereocenters. The van der Waals surface area contributed by atoms with Gasteiger partial charge < -0.3 is 19.1 Å². The minimum atomic E-state index is -5.06. The van der Waals surface area contributed by atoms with Crippen LogP contribution in [0.4, 0.5) is 13.2 Å². The number of allylic oxidation sites excluding steroid dienone is 1. The number of carbonyl (C=O) groups excluding carboxylic acids is 1. The lowest BCUT2D eigenvalue weighted by atomic mass is 10.1. The molecule has 0 aromatic heterocycles. The summed E-state index contributed by atoms with van der Waals surface area (Å²) >= 11 is 5.89. The molecule has 2 heterocycles. The van der Waals surface area contributed by atoms with E-state index in [4.69, 9.17) is 25.8 Å². The minimum Gasteiger partial charge on any atom is -0.424 e. The molecule has 2 aliphatic heterocycles. The summed E-state index contributed by atoms with van der Waals surface area (Å²) in [5, 5.41) is 2.18. The predicted octanol–water partition coefficient (Wildman–Crippen LogP) is 4.91. The zero-order valence-electron chi connectivity index (χ0n) is 18.5. The third kappa shape index (κ3) is 4.58. The Labute approximate surface area is 204 Å². The molecule has 1 aliphatic carbocycles. The number of amides is 1. The number of nitrogens with one attached hydrogen (secondary N) is 1. The minimum absolute atomic E-state index is 0.162. The van der Waals surface area contributed by atoms with Crippen LogP contribution in [0.15, 0.2) is 65.4 Å². The van der Waals surface area contributed by atoms with Crippen molar-refractivity contribution >= 4 is 23.6 Å². The highest BCUT2D eigenvalue weighted by atomic mass is 35.5. The van der Waals surface area contributed by atoms with Crippen molar-refractivity contribution in [2.24, 2.45) is 0 Å². The Bertz CT molecular complexity index is 1190. The van der Waals surface area contributed by atoms with Crippen molar-refractivity contribution < 1.29 is 32.2 Å². The van der Waals surface area contributed by atoms with Crippen molar-refractivity contribution in [3.8, 4) is 11.5 Å². The Morgan fingerprint density at radius 2 is 1.74 bits per heavy atom. The quantitative estimate of drug-likeness (QED) is 0.639. The van der Waals surface area contributed by atoms with Gasteiger partial charge in [-0.2, -0.15) is 13.2 Å². The molecule has 10 heteroatoms. The zero-order valence-corrected chi connectivity index (χ0v) is 19.3. The van der Waals surface area contributed by atoms with E-state index in [1.165, 1.54) is 18.2 Å². The first-order valence-electron chi connectivity index (χ1n) is 11.1. The highest BCUT2D eigenvalue weighted by Gasteiger charge is 2.66. The zero-order chi connectivity index (χ0) is 24.6. The van der Waals surface area contributed by atoms with Crippen molar-refractivity contribution in [3.63, 3.8) is 0 Å². The topological polar surface area (TPSA) is 60.0 Å². The molecule has 184 valence electrons. The molecule has 1 atom stereocenters. The van der Waals surface area contributed by atoms with Gasteiger partial charge in [0, 0.05) is 35.4 Å². The third-order valence-electron chi connectivity index (χ3n) is 6.04. The standard InChI is InChI=1S/C25H22ClF3N2O4/c26-18-7-9-20-21(15-18)35-25(34-20,24(27,28)29)30-23(32)19-8-6-17(14-16-4-2-1-3-5-16)22(19)31-10-12-33-13-11-31/h1-5,7,9,14-15H,6,8,10-13H2,(H,30,32)/b17-14+/t25-/m0/s1. The lowest BCUT2D eigenvalue weighted by Crippen LogP contribution is -2.65. The van der Waals surface area contributed by atoms with Gasteiger partial charge in [0.1, 0.15) is 0 Å². The summed E-state index contributed by atoms with van der Waals surface area (Å²) in [6, 6.07) is 13.4. The highest BCUT2D eigenvalue weighted by Crippen LogP contribution is 2.46. The molecule has 6 nitrogen and oxygen atoms in total. The molecule has 1 saturated heterocycles. The fourth-order valence-corrected chi connectivity index (χ4v) is 4.58. The number of hydrogen-bond acceptors (Lipinski definition) is 5. The second-order valence-electron chi connectivity index (χ2n) is 8.37. The monoisotopic (exact) mass is 506 g/mol. The van der Waals surface area contributed by atoms with Crippen LogP contribution in [-0.4, -0.2) is 49.2 Å². The van der Waals surface area contributed by atoms with Crippen LogP contribution in [0.2, 0.25) is 5.02 Å². The second kappa shape index (κ2) is 9.13. The van der Waals surface area contributed by atoms with Crippen molar-refractivity contribution in [2.75, 3.05) is 26.3 Å². The van der Waals surface area contributed by atoms with E-state index < -0.39 is 18.0 Å². The fraction of sp³-hybridized carbons (Fsp3) is 0.320. The molecule has 2 aromatic rings. The smallest absolute Gasteiger partial charge is 0.424 e. The van der Waals surface area contributed by atoms with E-state index in [-0.39, 0.29) is 28.5 Å². The maximum atomic E-state index is 14.2. The predicted molar refractivity (Wildman–Crippen MR) is 123 cm³/mol. The molecule has 3 aliphatic rings. The van der Waals surface area contributed by atoms with E-state index in [2.05, 4.69) is 0 Å². The van der Waals surface area contributed by atoms with Crippen LogP contribution in [0.1, 0.15) is 18.4 Å². The van der Waals surface area contributed by atoms with Crippen molar-refractivity contribution in [1.29, 1.82) is 0 Å². The van der Waals surface area contributed by atoms with Gasteiger partial charge in [-0.05, 0) is 42.2 Å². The third-order valence-corrected chi connectivity index (χ3v) is 6.28. The molecule has 1 N–H and O–H groups in total. The Morgan fingerprint density at radius 3 is 2.46 bits per heavy atom. The van der Waals surface area contributed by atoms with E-state index >= 15 is 0 Å². The molecular formula is C25H22ClF3N2O4. The molecule has 0 saturated carbocycles. The summed E-state index contributed by atoms with van der Waals surface area (Å²) < 4.78 is 58.3. The van der Waals surface area contributed by atoms with Crippen LogP contribution in [0, 0.1) is 0 Å². The Hall–Kier alpha value is -3.17. The molecule has 0 spiro atoms. The number of fused-ring (bicyclic) bond motifs is 1. The molecule has 1 fully saturated rings. The number of halogens is 4. The summed E-state index contributed by atoms with van der Waals surface area (Å²) in [7, 11) is 0. The Morgan fingerprint density at radius 1 is 1.03 bits per heavy atom. The Kier molecular flexibility index (Phi) is 6.14. The van der Waals surface area contributed by atoms with Crippen LogP contribution < -0.4 is 14.8 Å². The van der Waals surface area contributed by atoms with Crippen LogP contribution in [0.3, 0.4) is 0 Å². The second-order valence-corrected chi connectivity index (χ2v) is 8.81. The first kappa shape index (κ1) is 23.6. The van der Waals surface area contributed by atoms with Crippen molar-refractivity contribution in [3.05, 3.63) is 76.0 Å². The molecule has 1 amide bonds. The maximum absolute atomic E-state index is 14.2. The molecule has 35 heavy (non-hydrogen) atoms. The van der Waals surface area contributed by atoms with E-state index in [1.54, 1.807) is 0 Å². The number of alkyl halides is 3. The van der Waals surface area contributed by atoms with Gasteiger partial charge in [0.15, 0.2) is 11.5 Å². The van der Waals surface area contributed by atoms with Gasteiger partial charge in [0.25, 0.3) is 5.91 Å². The number of morpholine rings is 1. The van der Waals surface area contributed by atoms with E-state index in [9.17, 15) is 18.0 Å². The first-order valence-corrected chi connectivity index (χ1v) is 11.5. The van der Waals surface area contributed by atoms with Crippen LogP contribution in [0.5, 0.6) is 11.5 Å². The maximum Gasteiger partial charge on any atom is 0.492 e. The summed E-state index contributed by atoms with van der Waals surface area (Å²) in [4.78, 5) is 15.4.